The Balaban J connectivity index is 1.99. The number of benzene rings is 2. The van der Waals surface area contributed by atoms with Crippen molar-refractivity contribution in [2.24, 2.45) is 17.8 Å². The molecule has 0 saturated carbocycles. The van der Waals surface area contributed by atoms with Gasteiger partial charge >= 0.3 is 11.9 Å². The fraction of sp³-hybridized carbons (Fsp3) is 0.333. The molecular formula is C27H30O4. The summed E-state index contributed by atoms with van der Waals surface area (Å²) in [5.41, 5.74) is 2.69. The van der Waals surface area contributed by atoms with Gasteiger partial charge in [-0.15, -0.1) is 0 Å². The van der Waals surface area contributed by atoms with Crippen molar-refractivity contribution in [1.82, 2.24) is 0 Å². The summed E-state index contributed by atoms with van der Waals surface area (Å²) >= 11 is 0. The summed E-state index contributed by atoms with van der Waals surface area (Å²) in [5.74, 6) is -1.26. The highest BCUT2D eigenvalue weighted by Gasteiger charge is 2.36. The molecule has 0 radical (unpaired) electrons. The largest absolute Gasteiger partial charge is 0.456 e. The van der Waals surface area contributed by atoms with Crippen molar-refractivity contribution in [3.8, 4) is 0 Å². The van der Waals surface area contributed by atoms with Gasteiger partial charge in [0, 0.05) is 5.92 Å². The molecule has 0 fully saturated rings. The average molecular weight is 419 g/mol. The van der Waals surface area contributed by atoms with Gasteiger partial charge in [-0.05, 0) is 16.7 Å². The predicted octanol–water partition coefficient (Wildman–Crippen LogP) is 5.98. The predicted molar refractivity (Wildman–Crippen MR) is 121 cm³/mol. The van der Waals surface area contributed by atoms with Gasteiger partial charge in [0.15, 0.2) is 0 Å². The first-order valence-corrected chi connectivity index (χ1v) is 10.8. The normalized spacial score (nSPS) is 17.4. The van der Waals surface area contributed by atoms with Crippen molar-refractivity contribution < 1.29 is 19.1 Å². The lowest BCUT2D eigenvalue weighted by molar-refractivity contribution is -0.157. The minimum absolute atomic E-state index is 0.240. The number of carbonyl (C=O) groups excluding carboxylic acids is 2. The lowest BCUT2D eigenvalue weighted by Gasteiger charge is -2.30. The van der Waals surface area contributed by atoms with E-state index in [1.54, 1.807) is 0 Å². The maximum Gasteiger partial charge on any atom is 0.309 e. The highest BCUT2D eigenvalue weighted by molar-refractivity contribution is 5.73. The molecule has 0 amide bonds. The van der Waals surface area contributed by atoms with Crippen molar-refractivity contribution >= 4 is 11.9 Å². The number of carbonyl (C=O) groups is 2. The Labute approximate surface area is 184 Å². The Kier molecular flexibility index (Phi) is 7.45. The second-order valence-electron chi connectivity index (χ2n) is 8.38. The summed E-state index contributed by atoms with van der Waals surface area (Å²) in [4.78, 5) is 25.1. The van der Waals surface area contributed by atoms with Crippen molar-refractivity contribution in [1.29, 1.82) is 0 Å². The van der Waals surface area contributed by atoms with Crippen LogP contribution in [0.5, 0.6) is 0 Å². The molecule has 3 atom stereocenters. The van der Waals surface area contributed by atoms with Gasteiger partial charge in [0.2, 0.25) is 0 Å². The van der Waals surface area contributed by atoms with Gasteiger partial charge in [-0.2, -0.15) is 0 Å². The van der Waals surface area contributed by atoms with E-state index < -0.39 is 12.2 Å². The molecule has 1 unspecified atom stereocenters. The molecule has 0 bridgehead atoms. The van der Waals surface area contributed by atoms with Crippen LogP contribution in [-0.2, 0) is 19.1 Å². The number of rotatable bonds is 8. The Morgan fingerprint density at radius 3 is 1.81 bits per heavy atom. The minimum atomic E-state index is -0.555. The van der Waals surface area contributed by atoms with Crippen molar-refractivity contribution in [2.75, 3.05) is 0 Å². The standard InChI is InChI=1S/C27H30O4/c1-18(2)26(28)30-24(20-12-7-5-8-13-20)22-16-11-17-23(22)25(31-27(29)19(3)4)21-14-9-6-10-15-21/h5-19,22,24-25H,1-4H3/t22?,24-,25-/m1/s1. The summed E-state index contributed by atoms with van der Waals surface area (Å²) in [6.07, 6.45) is 4.86. The van der Waals surface area contributed by atoms with Crippen LogP contribution in [0.2, 0.25) is 0 Å². The average Bonchev–Trinajstić information content (AvgIpc) is 3.25. The van der Waals surface area contributed by atoms with Gasteiger partial charge in [0.25, 0.3) is 0 Å². The molecule has 0 saturated heterocycles. The molecule has 162 valence electrons. The van der Waals surface area contributed by atoms with Crippen LogP contribution in [-0.4, -0.2) is 11.9 Å². The van der Waals surface area contributed by atoms with E-state index in [4.69, 9.17) is 9.47 Å². The third kappa shape index (κ3) is 5.52. The number of esters is 2. The van der Waals surface area contributed by atoms with Gasteiger partial charge in [-0.1, -0.05) is 107 Å². The lowest BCUT2D eigenvalue weighted by Crippen LogP contribution is -2.26. The molecule has 0 spiro atoms. The molecular weight excluding hydrogens is 388 g/mol. The molecule has 3 rings (SSSR count). The lowest BCUT2D eigenvalue weighted by atomic mass is 9.86. The molecule has 4 heteroatoms. The van der Waals surface area contributed by atoms with Gasteiger partial charge in [0.05, 0.1) is 11.8 Å². The van der Waals surface area contributed by atoms with Crippen LogP contribution in [0.15, 0.2) is 84.5 Å². The molecule has 31 heavy (non-hydrogen) atoms. The second-order valence-corrected chi connectivity index (χ2v) is 8.38. The number of allylic oxidation sites excluding steroid dienone is 2. The van der Waals surface area contributed by atoms with Crippen molar-refractivity contribution in [2.45, 2.75) is 39.9 Å². The van der Waals surface area contributed by atoms with E-state index in [0.29, 0.717) is 0 Å². The maximum absolute atomic E-state index is 12.5. The third-order valence-corrected chi connectivity index (χ3v) is 5.27. The molecule has 1 aliphatic carbocycles. The van der Waals surface area contributed by atoms with Crippen LogP contribution < -0.4 is 0 Å². The molecule has 4 nitrogen and oxygen atoms in total. The molecule has 2 aromatic carbocycles. The summed E-state index contributed by atoms with van der Waals surface area (Å²) < 4.78 is 11.9. The highest BCUT2D eigenvalue weighted by Crippen LogP contribution is 2.43. The SMILES string of the molecule is CC(C)C(=O)O[C@H](c1ccccc1)C1C=CC=C1[C@H](OC(=O)C(C)C)c1ccccc1. The van der Waals surface area contributed by atoms with E-state index in [0.717, 1.165) is 16.7 Å². The van der Waals surface area contributed by atoms with E-state index in [9.17, 15) is 9.59 Å². The molecule has 2 aromatic rings. The van der Waals surface area contributed by atoms with E-state index in [2.05, 4.69) is 0 Å². The van der Waals surface area contributed by atoms with Crippen LogP contribution in [0.25, 0.3) is 0 Å². The van der Waals surface area contributed by atoms with E-state index in [-0.39, 0.29) is 29.7 Å². The van der Waals surface area contributed by atoms with Crippen LogP contribution in [0.3, 0.4) is 0 Å². The van der Waals surface area contributed by atoms with Gasteiger partial charge < -0.3 is 9.47 Å². The fourth-order valence-electron chi connectivity index (χ4n) is 3.51. The first-order valence-electron chi connectivity index (χ1n) is 10.8. The zero-order valence-electron chi connectivity index (χ0n) is 18.5. The smallest absolute Gasteiger partial charge is 0.309 e. The first kappa shape index (κ1) is 22.5. The van der Waals surface area contributed by atoms with Gasteiger partial charge in [0.1, 0.15) is 12.2 Å². The quantitative estimate of drug-likeness (QED) is 0.495. The van der Waals surface area contributed by atoms with E-state index >= 15 is 0 Å². The summed E-state index contributed by atoms with van der Waals surface area (Å²) in [5, 5.41) is 0. The number of ether oxygens (including phenoxy) is 2. The Morgan fingerprint density at radius 2 is 1.26 bits per heavy atom. The zero-order chi connectivity index (χ0) is 22.4. The van der Waals surface area contributed by atoms with Crippen molar-refractivity contribution in [3.63, 3.8) is 0 Å². The number of hydrogen-bond acceptors (Lipinski definition) is 4. The first-order chi connectivity index (χ1) is 14.9. The maximum atomic E-state index is 12.5. The summed E-state index contributed by atoms with van der Waals surface area (Å²) in [7, 11) is 0. The third-order valence-electron chi connectivity index (χ3n) is 5.27. The second kappa shape index (κ2) is 10.3. The van der Waals surface area contributed by atoms with Crippen LogP contribution in [0, 0.1) is 17.8 Å². The molecule has 1 aliphatic rings. The summed E-state index contributed by atoms with van der Waals surface area (Å²) in [6.45, 7) is 7.28. The molecule has 0 aromatic heterocycles. The topological polar surface area (TPSA) is 52.6 Å². The Morgan fingerprint density at radius 1 is 0.742 bits per heavy atom. The van der Waals surface area contributed by atoms with Crippen LogP contribution >= 0.6 is 0 Å². The van der Waals surface area contributed by atoms with E-state index in [1.165, 1.54) is 0 Å². The van der Waals surface area contributed by atoms with Gasteiger partial charge in [-0.3, -0.25) is 9.59 Å². The van der Waals surface area contributed by atoms with Crippen molar-refractivity contribution in [3.05, 3.63) is 95.6 Å². The minimum Gasteiger partial charge on any atom is -0.456 e. The zero-order valence-corrected chi connectivity index (χ0v) is 18.5. The Hall–Kier alpha value is -3.14. The van der Waals surface area contributed by atoms with Gasteiger partial charge in [-0.25, -0.2) is 0 Å². The van der Waals surface area contributed by atoms with E-state index in [1.807, 2.05) is 107 Å². The number of hydrogen-bond donors (Lipinski definition) is 0. The highest BCUT2D eigenvalue weighted by atomic mass is 16.6. The molecule has 0 N–H and O–H groups in total. The fourth-order valence-corrected chi connectivity index (χ4v) is 3.51. The van der Waals surface area contributed by atoms with Crippen LogP contribution in [0.4, 0.5) is 0 Å². The monoisotopic (exact) mass is 418 g/mol. The molecule has 0 heterocycles. The molecule has 0 aliphatic heterocycles. The van der Waals surface area contributed by atoms with Crippen LogP contribution in [0.1, 0.15) is 51.0 Å². The Bertz CT molecular complexity index is 942. The summed E-state index contributed by atoms with van der Waals surface area (Å²) in [6, 6.07) is 19.4.